The van der Waals surface area contributed by atoms with Gasteiger partial charge < -0.3 is 18.6 Å². The van der Waals surface area contributed by atoms with Gasteiger partial charge in [-0.3, -0.25) is 14.4 Å². The molecule has 25 heavy (non-hydrogen) atoms. The van der Waals surface area contributed by atoms with Crippen molar-refractivity contribution in [2.24, 2.45) is 0 Å². The average molecular weight is 342 g/mol. The standard InChI is InChI=1S/C18H14O7/c1-9(19)23-14-8-13(22-3)15-16(21)11-6-4-5-7-12(11)25-18(15)17(14)24-10(2)20/h4-8H,1-3H3. The fourth-order valence-corrected chi connectivity index (χ4v) is 2.53. The molecule has 2 aromatic carbocycles. The van der Waals surface area contributed by atoms with Crippen LogP contribution in [0.5, 0.6) is 17.2 Å². The first-order chi connectivity index (χ1) is 11.9. The van der Waals surface area contributed by atoms with E-state index in [1.54, 1.807) is 24.3 Å². The Morgan fingerprint density at radius 2 is 1.68 bits per heavy atom. The number of esters is 2. The molecule has 0 aliphatic carbocycles. The summed E-state index contributed by atoms with van der Waals surface area (Å²) in [6.07, 6.45) is 0. The lowest BCUT2D eigenvalue weighted by Gasteiger charge is -2.14. The van der Waals surface area contributed by atoms with Crippen LogP contribution in [-0.2, 0) is 9.59 Å². The zero-order valence-corrected chi connectivity index (χ0v) is 13.7. The van der Waals surface area contributed by atoms with E-state index >= 15 is 0 Å². The highest BCUT2D eigenvalue weighted by atomic mass is 16.6. The van der Waals surface area contributed by atoms with E-state index in [-0.39, 0.29) is 33.6 Å². The lowest BCUT2D eigenvalue weighted by Crippen LogP contribution is -2.11. The Morgan fingerprint density at radius 1 is 1.00 bits per heavy atom. The molecule has 0 saturated carbocycles. The van der Waals surface area contributed by atoms with E-state index in [0.29, 0.717) is 11.0 Å². The minimum absolute atomic E-state index is 0.0329. The predicted molar refractivity (Wildman–Crippen MR) is 89.2 cm³/mol. The lowest BCUT2D eigenvalue weighted by atomic mass is 10.1. The van der Waals surface area contributed by atoms with E-state index in [1.807, 2.05) is 0 Å². The Bertz CT molecular complexity index is 1060. The maximum absolute atomic E-state index is 12.9. The van der Waals surface area contributed by atoms with E-state index in [1.165, 1.54) is 27.0 Å². The summed E-state index contributed by atoms with van der Waals surface area (Å²) in [7, 11) is 1.37. The van der Waals surface area contributed by atoms with Crippen molar-refractivity contribution in [2.75, 3.05) is 7.11 Å². The normalized spacial score (nSPS) is 10.7. The number of carbonyl (C=O) groups excluding carboxylic acids is 2. The van der Waals surface area contributed by atoms with Gasteiger partial charge in [-0.1, -0.05) is 12.1 Å². The predicted octanol–water partition coefficient (Wildman–Crippen LogP) is 2.81. The molecule has 3 aromatic rings. The van der Waals surface area contributed by atoms with E-state index in [0.717, 1.165) is 0 Å². The molecule has 1 heterocycles. The molecule has 0 N–H and O–H groups in total. The number of methoxy groups -OCH3 is 1. The van der Waals surface area contributed by atoms with Gasteiger partial charge in [0.25, 0.3) is 0 Å². The van der Waals surface area contributed by atoms with Crippen molar-refractivity contribution in [2.45, 2.75) is 13.8 Å². The van der Waals surface area contributed by atoms with Crippen LogP contribution in [-0.4, -0.2) is 19.0 Å². The number of fused-ring (bicyclic) bond motifs is 2. The zero-order valence-electron chi connectivity index (χ0n) is 13.7. The highest BCUT2D eigenvalue weighted by molar-refractivity contribution is 5.99. The third-order valence-electron chi connectivity index (χ3n) is 3.46. The van der Waals surface area contributed by atoms with E-state index in [4.69, 9.17) is 18.6 Å². The first kappa shape index (κ1) is 16.5. The van der Waals surface area contributed by atoms with Gasteiger partial charge in [0, 0.05) is 19.9 Å². The van der Waals surface area contributed by atoms with Crippen LogP contribution in [0.4, 0.5) is 0 Å². The molecule has 0 saturated heterocycles. The Kier molecular flexibility index (Phi) is 4.14. The Hall–Kier alpha value is -3.35. The zero-order chi connectivity index (χ0) is 18.1. The molecule has 128 valence electrons. The molecule has 0 unspecified atom stereocenters. The Labute approximate surface area is 141 Å². The smallest absolute Gasteiger partial charge is 0.308 e. The number of hydrogen-bond acceptors (Lipinski definition) is 7. The summed E-state index contributed by atoms with van der Waals surface area (Å²) in [5.41, 5.74) is -0.0820. The maximum Gasteiger partial charge on any atom is 0.308 e. The monoisotopic (exact) mass is 342 g/mol. The van der Waals surface area contributed by atoms with Crippen molar-refractivity contribution in [1.29, 1.82) is 0 Å². The highest BCUT2D eigenvalue weighted by Gasteiger charge is 2.23. The first-order valence-electron chi connectivity index (χ1n) is 7.35. The van der Waals surface area contributed by atoms with Gasteiger partial charge >= 0.3 is 11.9 Å². The van der Waals surface area contributed by atoms with Gasteiger partial charge in [-0.15, -0.1) is 0 Å². The van der Waals surface area contributed by atoms with Crippen molar-refractivity contribution < 1.29 is 28.2 Å². The maximum atomic E-state index is 12.9. The molecule has 0 atom stereocenters. The number of hydrogen-bond donors (Lipinski definition) is 0. The molecule has 0 fully saturated rings. The van der Waals surface area contributed by atoms with E-state index in [9.17, 15) is 14.4 Å². The molecule has 0 bridgehead atoms. The van der Waals surface area contributed by atoms with Gasteiger partial charge in [0.15, 0.2) is 11.3 Å². The van der Waals surface area contributed by atoms with Crippen LogP contribution in [0.3, 0.4) is 0 Å². The van der Waals surface area contributed by atoms with Crippen molar-refractivity contribution >= 4 is 33.9 Å². The van der Waals surface area contributed by atoms with Crippen LogP contribution in [0.1, 0.15) is 13.8 Å². The van der Waals surface area contributed by atoms with Crippen LogP contribution >= 0.6 is 0 Å². The summed E-state index contributed by atoms with van der Waals surface area (Å²) >= 11 is 0. The van der Waals surface area contributed by atoms with Crippen LogP contribution in [0.25, 0.3) is 21.9 Å². The average Bonchev–Trinajstić information content (AvgIpc) is 2.56. The van der Waals surface area contributed by atoms with Crippen LogP contribution in [0, 0.1) is 0 Å². The number of ether oxygens (including phenoxy) is 3. The van der Waals surface area contributed by atoms with Gasteiger partial charge in [0.05, 0.1) is 12.5 Å². The van der Waals surface area contributed by atoms with Gasteiger partial charge in [-0.05, 0) is 12.1 Å². The first-order valence-corrected chi connectivity index (χ1v) is 7.35. The topological polar surface area (TPSA) is 92.0 Å². The fourth-order valence-electron chi connectivity index (χ4n) is 2.53. The van der Waals surface area contributed by atoms with Gasteiger partial charge in [0.2, 0.25) is 11.2 Å². The number of para-hydroxylation sites is 1. The third-order valence-corrected chi connectivity index (χ3v) is 3.46. The van der Waals surface area contributed by atoms with Gasteiger partial charge in [-0.25, -0.2) is 0 Å². The number of carbonyl (C=O) groups is 2. The van der Waals surface area contributed by atoms with Crippen molar-refractivity contribution in [3.8, 4) is 17.2 Å². The fraction of sp³-hybridized carbons (Fsp3) is 0.167. The molecule has 1 aromatic heterocycles. The Morgan fingerprint density at radius 3 is 2.32 bits per heavy atom. The summed E-state index contributed by atoms with van der Waals surface area (Å²) < 4.78 is 21.3. The number of rotatable bonds is 3. The van der Waals surface area contributed by atoms with Crippen molar-refractivity contribution in [1.82, 2.24) is 0 Å². The van der Waals surface area contributed by atoms with Crippen molar-refractivity contribution in [3.05, 3.63) is 40.6 Å². The highest BCUT2D eigenvalue weighted by Crippen LogP contribution is 2.41. The minimum atomic E-state index is -0.657. The lowest BCUT2D eigenvalue weighted by molar-refractivity contribution is -0.134. The van der Waals surface area contributed by atoms with E-state index in [2.05, 4.69) is 0 Å². The SMILES string of the molecule is COc1cc(OC(C)=O)c(OC(C)=O)c2oc3ccccc3c(=O)c12. The molecular weight excluding hydrogens is 328 g/mol. The Balaban J connectivity index is 2.50. The molecule has 0 spiro atoms. The largest absolute Gasteiger partial charge is 0.496 e. The van der Waals surface area contributed by atoms with Crippen molar-refractivity contribution in [3.63, 3.8) is 0 Å². The summed E-state index contributed by atoms with van der Waals surface area (Å²) in [6, 6.07) is 7.95. The molecule has 3 rings (SSSR count). The summed E-state index contributed by atoms with van der Waals surface area (Å²) in [5, 5.41) is 0.440. The van der Waals surface area contributed by atoms with Gasteiger partial charge in [-0.2, -0.15) is 0 Å². The van der Waals surface area contributed by atoms with E-state index < -0.39 is 11.9 Å². The quantitative estimate of drug-likeness (QED) is 0.410. The summed E-state index contributed by atoms with van der Waals surface area (Å²) in [5.74, 6) is -1.37. The second-order valence-electron chi connectivity index (χ2n) is 5.22. The summed E-state index contributed by atoms with van der Waals surface area (Å²) in [6.45, 7) is 2.39. The van der Waals surface area contributed by atoms with Gasteiger partial charge in [0.1, 0.15) is 16.7 Å². The third kappa shape index (κ3) is 2.91. The number of benzene rings is 2. The molecule has 0 amide bonds. The second-order valence-corrected chi connectivity index (χ2v) is 5.22. The van der Waals surface area contributed by atoms with Crippen LogP contribution in [0.15, 0.2) is 39.5 Å². The minimum Gasteiger partial charge on any atom is -0.496 e. The molecule has 0 radical (unpaired) electrons. The molecule has 0 aliphatic rings. The molecule has 0 aliphatic heterocycles. The van der Waals surface area contributed by atoms with Crippen LogP contribution in [0.2, 0.25) is 0 Å². The molecule has 7 heteroatoms. The second kappa shape index (κ2) is 6.27. The van der Waals surface area contributed by atoms with Crippen LogP contribution < -0.4 is 19.6 Å². The summed E-state index contributed by atoms with van der Waals surface area (Å²) in [4.78, 5) is 35.7. The molecular formula is C18H14O7. The molecule has 7 nitrogen and oxygen atoms in total.